The summed E-state index contributed by atoms with van der Waals surface area (Å²) in [4.78, 5) is 11.9. The van der Waals surface area contributed by atoms with Gasteiger partial charge in [0.05, 0.1) is 22.6 Å². The molecule has 3 saturated carbocycles. The number of hydrogen-bond acceptors (Lipinski definition) is 3. The third-order valence-electron chi connectivity index (χ3n) is 8.27. The quantitative estimate of drug-likeness (QED) is 0.461. The molecule has 3 heterocycles. The number of carboxylic acids is 1. The van der Waals surface area contributed by atoms with Gasteiger partial charge in [0.1, 0.15) is 5.82 Å². The Labute approximate surface area is 189 Å². The van der Waals surface area contributed by atoms with E-state index in [4.69, 9.17) is 4.74 Å². The van der Waals surface area contributed by atoms with Crippen molar-refractivity contribution in [3.8, 4) is 5.69 Å². The van der Waals surface area contributed by atoms with Crippen molar-refractivity contribution in [3.63, 3.8) is 0 Å². The molecule has 0 unspecified atom stereocenters. The van der Waals surface area contributed by atoms with Crippen molar-refractivity contribution in [1.29, 1.82) is 0 Å². The fourth-order valence-corrected chi connectivity index (χ4v) is 6.81. The summed E-state index contributed by atoms with van der Waals surface area (Å²) < 4.78 is 21.8. The van der Waals surface area contributed by atoms with Crippen LogP contribution in [0.4, 0.5) is 4.39 Å². The lowest BCUT2D eigenvalue weighted by Crippen LogP contribution is -2.68. The molecule has 2 bridgehead atoms. The van der Waals surface area contributed by atoms with Gasteiger partial charge in [0.25, 0.3) is 0 Å². The fourth-order valence-electron chi connectivity index (χ4n) is 6.81. The van der Waals surface area contributed by atoms with Gasteiger partial charge >= 0.3 is 5.97 Å². The average Bonchev–Trinajstić information content (AvgIpc) is 3.34. The molecule has 6 nitrogen and oxygen atoms in total. The normalized spacial score (nSPS) is 26.9. The molecule has 3 aliphatic carbocycles. The van der Waals surface area contributed by atoms with Gasteiger partial charge in [0, 0.05) is 46.7 Å². The molecule has 0 atom stereocenters. The first-order valence-corrected chi connectivity index (χ1v) is 11.6. The highest BCUT2D eigenvalue weighted by Crippen LogP contribution is 2.75. The van der Waals surface area contributed by atoms with Gasteiger partial charge in [-0.1, -0.05) is 0 Å². The van der Waals surface area contributed by atoms with Gasteiger partial charge < -0.3 is 14.4 Å². The third-order valence-corrected chi connectivity index (χ3v) is 8.27. The number of aromatic amines is 1. The van der Waals surface area contributed by atoms with Gasteiger partial charge in [-0.05, 0) is 74.1 Å². The van der Waals surface area contributed by atoms with Crippen molar-refractivity contribution in [2.75, 3.05) is 13.2 Å². The van der Waals surface area contributed by atoms with Crippen LogP contribution in [0.1, 0.15) is 49.3 Å². The number of carbonyl (C=O) groups is 1. The highest BCUT2D eigenvalue weighted by atomic mass is 19.1. The first kappa shape index (κ1) is 19.3. The Kier molecular flexibility index (Phi) is 3.77. The van der Waals surface area contributed by atoms with E-state index in [0.717, 1.165) is 40.3 Å². The van der Waals surface area contributed by atoms with Crippen molar-refractivity contribution in [2.24, 2.45) is 5.41 Å². The molecule has 4 aliphatic rings. The summed E-state index contributed by atoms with van der Waals surface area (Å²) in [6.07, 6.45) is 5.73. The van der Waals surface area contributed by atoms with Crippen LogP contribution in [0.25, 0.3) is 27.5 Å². The van der Waals surface area contributed by atoms with E-state index in [1.807, 2.05) is 18.3 Å². The molecule has 4 aromatic rings. The third kappa shape index (κ3) is 2.51. The number of aliphatic carboxylic acids is 1. The van der Waals surface area contributed by atoms with Crippen LogP contribution in [-0.2, 0) is 14.9 Å². The van der Waals surface area contributed by atoms with E-state index >= 15 is 0 Å². The first-order valence-electron chi connectivity index (χ1n) is 11.6. The SMILES string of the molecule is O=C(O)C12CC(c3c(C4CCOCC4)n(-c4ccc(F)cc4)c4cc5cn[nH]c5cc34)(C1)C2. The van der Waals surface area contributed by atoms with E-state index in [9.17, 15) is 14.3 Å². The molecule has 33 heavy (non-hydrogen) atoms. The zero-order valence-corrected chi connectivity index (χ0v) is 18.1. The summed E-state index contributed by atoms with van der Waals surface area (Å²) in [5.41, 5.74) is 4.83. The van der Waals surface area contributed by atoms with Crippen LogP contribution >= 0.6 is 0 Å². The molecule has 0 radical (unpaired) electrons. The van der Waals surface area contributed by atoms with Crippen LogP contribution in [0.15, 0.2) is 42.6 Å². The molecule has 0 spiro atoms. The Morgan fingerprint density at radius 3 is 2.58 bits per heavy atom. The number of carboxylic acid groups (broad SMARTS) is 1. The average molecular weight is 445 g/mol. The number of aromatic nitrogens is 3. The van der Waals surface area contributed by atoms with E-state index in [1.54, 1.807) is 0 Å². The smallest absolute Gasteiger partial charge is 0.309 e. The van der Waals surface area contributed by atoms with Crippen molar-refractivity contribution in [3.05, 3.63) is 59.7 Å². The van der Waals surface area contributed by atoms with Crippen LogP contribution in [0.2, 0.25) is 0 Å². The predicted molar refractivity (Wildman–Crippen MR) is 121 cm³/mol. The second-order valence-electron chi connectivity index (χ2n) is 10.2. The van der Waals surface area contributed by atoms with Gasteiger partial charge in [-0.25, -0.2) is 4.39 Å². The molecule has 1 aliphatic heterocycles. The number of rotatable bonds is 4. The summed E-state index contributed by atoms with van der Waals surface area (Å²) in [6, 6.07) is 11.0. The second kappa shape index (κ2) is 6.44. The molecule has 0 amide bonds. The van der Waals surface area contributed by atoms with Gasteiger partial charge in [0.2, 0.25) is 0 Å². The van der Waals surface area contributed by atoms with Crippen molar-refractivity contribution in [2.45, 2.75) is 43.4 Å². The molecule has 2 N–H and O–H groups in total. The summed E-state index contributed by atoms with van der Waals surface area (Å²) >= 11 is 0. The molecule has 168 valence electrons. The van der Waals surface area contributed by atoms with Crippen LogP contribution < -0.4 is 0 Å². The van der Waals surface area contributed by atoms with Crippen molar-refractivity contribution in [1.82, 2.24) is 14.8 Å². The van der Waals surface area contributed by atoms with Gasteiger partial charge in [-0.2, -0.15) is 5.10 Å². The number of hydrogen-bond donors (Lipinski definition) is 2. The zero-order valence-electron chi connectivity index (χ0n) is 18.1. The minimum absolute atomic E-state index is 0.108. The Morgan fingerprint density at radius 1 is 1.15 bits per heavy atom. The fraction of sp³-hybridized carbons (Fsp3) is 0.385. The lowest BCUT2D eigenvalue weighted by atomic mass is 9.33. The summed E-state index contributed by atoms with van der Waals surface area (Å²) in [5, 5.41) is 19.3. The second-order valence-corrected chi connectivity index (χ2v) is 10.2. The molecule has 1 saturated heterocycles. The molecule has 2 aromatic carbocycles. The van der Waals surface area contributed by atoms with E-state index in [1.165, 1.54) is 23.4 Å². The monoisotopic (exact) mass is 445 g/mol. The van der Waals surface area contributed by atoms with Gasteiger partial charge in [-0.3, -0.25) is 9.89 Å². The molecular weight excluding hydrogens is 421 g/mol. The minimum Gasteiger partial charge on any atom is -0.481 e. The summed E-state index contributed by atoms with van der Waals surface area (Å²) in [7, 11) is 0. The molecule has 2 aromatic heterocycles. The van der Waals surface area contributed by atoms with Gasteiger partial charge in [-0.15, -0.1) is 0 Å². The molecular formula is C26H24FN3O3. The highest BCUT2D eigenvalue weighted by Gasteiger charge is 2.73. The van der Waals surface area contributed by atoms with Crippen molar-refractivity contribution < 1.29 is 19.0 Å². The number of H-pyrrole nitrogens is 1. The maximum absolute atomic E-state index is 13.8. The van der Waals surface area contributed by atoms with E-state index in [-0.39, 0.29) is 11.2 Å². The number of ether oxygens (including phenoxy) is 1. The maximum Gasteiger partial charge on any atom is 0.309 e. The lowest BCUT2D eigenvalue weighted by molar-refractivity contribution is -0.194. The van der Waals surface area contributed by atoms with Crippen LogP contribution in [0, 0.1) is 11.2 Å². The van der Waals surface area contributed by atoms with Crippen LogP contribution in [0.3, 0.4) is 0 Å². The minimum atomic E-state index is -0.671. The maximum atomic E-state index is 13.8. The Bertz CT molecular complexity index is 1410. The Morgan fingerprint density at radius 2 is 1.88 bits per heavy atom. The first-order chi connectivity index (χ1) is 16.0. The Balaban J connectivity index is 1.54. The van der Waals surface area contributed by atoms with Gasteiger partial charge in [0.15, 0.2) is 0 Å². The van der Waals surface area contributed by atoms with Crippen LogP contribution in [-0.4, -0.2) is 39.1 Å². The number of benzene rings is 2. The number of nitrogens with zero attached hydrogens (tertiary/aromatic N) is 2. The van der Waals surface area contributed by atoms with E-state index in [0.29, 0.717) is 38.4 Å². The number of halogens is 1. The Hall–Kier alpha value is -3.19. The van der Waals surface area contributed by atoms with E-state index in [2.05, 4.69) is 26.9 Å². The number of nitrogens with one attached hydrogen (secondary N) is 1. The zero-order chi connectivity index (χ0) is 22.4. The molecule has 7 heteroatoms. The number of fused-ring (bicyclic) bond motifs is 2. The summed E-state index contributed by atoms with van der Waals surface area (Å²) in [6.45, 7) is 1.43. The predicted octanol–water partition coefficient (Wildman–Crippen LogP) is 5.05. The topological polar surface area (TPSA) is 80.1 Å². The van der Waals surface area contributed by atoms with Crippen molar-refractivity contribution >= 4 is 27.8 Å². The lowest BCUT2D eigenvalue weighted by Gasteiger charge is -2.68. The highest BCUT2D eigenvalue weighted by molar-refractivity contribution is 6.00. The molecule has 8 rings (SSSR count). The largest absolute Gasteiger partial charge is 0.481 e. The van der Waals surface area contributed by atoms with Crippen LogP contribution in [0.5, 0.6) is 0 Å². The van der Waals surface area contributed by atoms with E-state index < -0.39 is 11.4 Å². The standard InChI is InChI=1S/C26H24FN3O3/c27-17-1-3-18(4-2-17)30-21-9-16-11-28-29-20(16)10-19(21)22(23(30)15-5-7-33-8-6-15)25-12-26(13-25,14-25)24(31)32/h1-4,9-11,15H,5-8,12-14H2,(H,28,29)(H,31,32). The summed E-state index contributed by atoms with van der Waals surface area (Å²) in [5.74, 6) is -0.629. The molecule has 4 fully saturated rings.